The molecule has 3 N–H and O–H groups in total. The first-order chi connectivity index (χ1) is 17.6. The number of nitrogens with zero attached hydrogens (tertiary/aromatic N) is 3. The van der Waals surface area contributed by atoms with E-state index in [1.54, 1.807) is 42.5 Å². The van der Waals surface area contributed by atoms with Crippen molar-refractivity contribution in [3.05, 3.63) is 71.2 Å². The van der Waals surface area contributed by atoms with Crippen LogP contribution in [-0.4, -0.2) is 46.6 Å². The molecule has 1 fully saturated rings. The number of rotatable bonds is 8. The molecule has 2 amide bonds. The number of pyridine rings is 1. The topological polar surface area (TPSA) is 135 Å². The zero-order chi connectivity index (χ0) is 26.6. The SMILES string of the molecule is Cn1cnc(-c2cc(Cl)c(F)c(C(=O)NNS(=O)(=O)CC3CCCC(NC(=O)c4cccnc4)C3)c2)c1. The molecule has 0 spiro atoms. The minimum atomic E-state index is -3.95. The first-order valence-electron chi connectivity index (χ1n) is 11.6. The quantitative estimate of drug-likeness (QED) is 0.370. The predicted octanol–water partition coefficient (Wildman–Crippen LogP) is 2.83. The molecule has 0 bridgehead atoms. The average Bonchev–Trinajstić information content (AvgIpc) is 3.31. The number of benzene rings is 1. The number of imidazole rings is 1. The van der Waals surface area contributed by atoms with E-state index in [1.165, 1.54) is 18.3 Å². The van der Waals surface area contributed by atoms with Crippen LogP contribution in [0, 0.1) is 11.7 Å². The van der Waals surface area contributed by atoms with Gasteiger partial charge in [0.05, 0.1) is 33.9 Å². The van der Waals surface area contributed by atoms with Crippen LogP contribution in [0.25, 0.3) is 11.3 Å². The van der Waals surface area contributed by atoms with Gasteiger partial charge in [0.1, 0.15) is 0 Å². The van der Waals surface area contributed by atoms with Crippen molar-refractivity contribution in [3.63, 3.8) is 0 Å². The summed E-state index contributed by atoms with van der Waals surface area (Å²) < 4.78 is 41.6. The van der Waals surface area contributed by atoms with Crippen molar-refractivity contribution in [2.75, 3.05) is 5.75 Å². The predicted molar refractivity (Wildman–Crippen MR) is 135 cm³/mol. The van der Waals surface area contributed by atoms with Gasteiger partial charge in [-0.25, -0.2) is 17.8 Å². The van der Waals surface area contributed by atoms with E-state index in [9.17, 15) is 22.4 Å². The van der Waals surface area contributed by atoms with Crippen molar-refractivity contribution in [3.8, 4) is 11.3 Å². The highest BCUT2D eigenvalue weighted by Gasteiger charge is 2.28. The number of nitrogens with one attached hydrogen (secondary N) is 3. The number of aromatic nitrogens is 3. The summed E-state index contributed by atoms with van der Waals surface area (Å²) in [5.41, 5.74) is 2.95. The molecule has 3 aromatic rings. The largest absolute Gasteiger partial charge is 0.349 e. The number of halogens is 2. The minimum absolute atomic E-state index is 0.179. The molecule has 0 radical (unpaired) electrons. The second-order valence-corrected chi connectivity index (χ2v) is 11.2. The summed E-state index contributed by atoms with van der Waals surface area (Å²) >= 11 is 5.97. The molecule has 1 aliphatic carbocycles. The van der Waals surface area contributed by atoms with Crippen LogP contribution in [-0.2, 0) is 17.1 Å². The maximum absolute atomic E-state index is 14.6. The Balaban J connectivity index is 1.35. The summed E-state index contributed by atoms with van der Waals surface area (Å²) in [7, 11) is -2.19. The normalized spacial score (nSPS) is 17.8. The Morgan fingerprint density at radius 2 is 2.05 bits per heavy atom. The van der Waals surface area contributed by atoms with Gasteiger partial charge in [-0.3, -0.25) is 20.0 Å². The Kier molecular flexibility index (Phi) is 8.20. The van der Waals surface area contributed by atoms with E-state index in [0.29, 0.717) is 29.7 Å². The van der Waals surface area contributed by atoms with Crippen molar-refractivity contribution in [1.29, 1.82) is 0 Å². The van der Waals surface area contributed by atoms with Crippen molar-refractivity contribution in [1.82, 2.24) is 30.1 Å². The zero-order valence-corrected chi connectivity index (χ0v) is 21.5. The zero-order valence-electron chi connectivity index (χ0n) is 19.9. The number of sulfonamides is 1. The molecule has 196 valence electrons. The van der Waals surface area contributed by atoms with Crippen molar-refractivity contribution >= 4 is 33.4 Å². The third-order valence-electron chi connectivity index (χ3n) is 6.09. The molecule has 2 atom stereocenters. The van der Waals surface area contributed by atoms with Gasteiger partial charge in [0, 0.05) is 37.2 Å². The van der Waals surface area contributed by atoms with Crippen molar-refractivity contribution in [2.45, 2.75) is 31.7 Å². The Bertz CT molecular complexity index is 1400. The monoisotopic (exact) mass is 548 g/mol. The first-order valence-corrected chi connectivity index (χ1v) is 13.6. The van der Waals surface area contributed by atoms with E-state index in [0.717, 1.165) is 12.8 Å². The van der Waals surface area contributed by atoms with Crippen molar-refractivity contribution < 1.29 is 22.4 Å². The summed E-state index contributed by atoms with van der Waals surface area (Å²) in [6.07, 6.45) is 8.86. The molecule has 10 nitrogen and oxygen atoms in total. The third-order valence-corrected chi connectivity index (χ3v) is 7.69. The van der Waals surface area contributed by atoms with E-state index in [2.05, 4.69) is 20.7 Å². The summed E-state index contributed by atoms with van der Waals surface area (Å²) in [6.45, 7) is 0. The molecule has 0 saturated heterocycles. The van der Waals surface area contributed by atoms with Gasteiger partial charge in [-0.1, -0.05) is 18.0 Å². The molecule has 2 heterocycles. The minimum Gasteiger partial charge on any atom is -0.349 e. The molecule has 1 aliphatic rings. The summed E-state index contributed by atoms with van der Waals surface area (Å²) in [6, 6.07) is 5.74. The van der Waals surface area contributed by atoms with Crippen LogP contribution in [0.15, 0.2) is 49.2 Å². The molecule has 0 aliphatic heterocycles. The number of hydrazine groups is 1. The van der Waals surface area contributed by atoms with Crippen LogP contribution in [0.4, 0.5) is 4.39 Å². The molecule has 37 heavy (non-hydrogen) atoms. The van der Waals surface area contributed by atoms with Gasteiger partial charge in [0.2, 0.25) is 10.0 Å². The third kappa shape index (κ3) is 6.90. The maximum Gasteiger partial charge on any atom is 0.269 e. The Hall–Kier alpha value is -3.35. The van der Waals surface area contributed by atoms with Gasteiger partial charge in [-0.15, -0.1) is 4.83 Å². The summed E-state index contributed by atoms with van der Waals surface area (Å²) in [5.74, 6) is -2.73. The van der Waals surface area contributed by atoms with Crippen LogP contribution in [0.3, 0.4) is 0 Å². The number of amides is 2. The van der Waals surface area contributed by atoms with Crippen LogP contribution in [0.1, 0.15) is 46.4 Å². The van der Waals surface area contributed by atoms with Gasteiger partial charge in [-0.05, 0) is 49.4 Å². The summed E-state index contributed by atoms with van der Waals surface area (Å²) in [5, 5.41) is 2.64. The number of carbonyl (C=O) groups is 2. The van der Waals surface area contributed by atoms with E-state index < -0.39 is 27.3 Å². The molecule has 2 aromatic heterocycles. The lowest BCUT2D eigenvalue weighted by Gasteiger charge is -2.29. The van der Waals surface area contributed by atoms with Gasteiger partial charge in [0.25, 0.3) is 11.8 Å². The molecule has 4 rings (SSSR count). The van der Waals surface area contributed by atoms with Crippen LogP contribution in [0.2, 0.25) is 5.02 Å². The maximum atomic E-state index is 14.6. The van der Waals surface area contributed by atoms with E-state index >= 15 is 0 Å². The fourth-order valence-electron chi connectivity index (χ4n) is 4.35. The standard InChI is InChI=1S/C24H26ClFN6O4S/c1-32-12-21(28-14-32)17-9-19(22(26)20(25)10-17)24(34)30-31-37(35,36)13-15-4-2-6-18(8-15)29-23(33)16-5-3-7-27-11-16/h3,5,7,9-12,14-15,18,31H,2,4,6,8,13H2,1H3,(H,29,33)(H,30,34). The fraction of sp³-hybridized carbons (Fsp3) is 0.333. The van der Waals surface area contributed by atoms with Crippen LogP contribution >= 0.6 is 11.6 Å². The Labute approximate surface area is 218 Å². The number of carbonyl (C=O) groups excluding carboxylic acids is 2. The molecule has 1 saturated carbocycles. The Morgan fingerprint density at radius 1 is 1.24 bits per heavy atom. The highest BCUT2D eigenvalue weighted by molar-refractivity contribution is 7.89. The molecular weight excluding hydrogens is 523 g/mol. The van der Waals surface area contributed by atoms with Gasteiger partial charge in [-0.2, -0.15) is 0 Å². The van der Waals surface area contributed by atoms with E-state index in [1.807, 2.05) is 4.83 Å². The van der Waals surface area contributed by atoms with Gasteiger partial charge >= 0.3 is 0 Å². The molecule has 13 heteroatoms. The highest BCUT2D eigenvalue weighted by atomic mass is 35.5. The van der Waals surface area contributed by atoms with E-state index in [4.69, 9.17) is 11.6 Å². The number of hydrogen-bond donors (Lipinski definition) is 3. The smallest absolute Gasteiger partial charge is 0.269 e. The van der Waals surface area contributed by atoms with Gasteiger partial charge < -0.3 is 9.88 Å². The second-order valence-electron chi connectivity index (χ2n) is 9.03. The van der Waals surface area contributed by atoms with E-state index in [-0.39, 0.29) is 28.6 Å². The summed E-state index contributed by atoms with van der Waals surface area (Å²) in [4.78, 5) is 35.2. The fourth-order valence-corrected chi connectivity index (χ4v) is 5.82. The van der Waals surface area contributed by atoms with Gasteiger partial charge in [0.15, 0.2) is 5.82 Å². The second kappa shape index (κ2) is 11.4. The first kappa shape index (κ1) is 26.7. The van der Waals surface area contributed by atoms with Crippen molar-refractivity contribution in [2.24, 2.45) is 13.0 Å². The lowest BCUT2D eigenvalue weighted by Crippen LogP contribution is -2.45. The molecular formula is C24H26ClFN6O4S. The average molecular weight is 549 g/mol. The lowest BCUT2D eigenvalue weighted by molar-refractivity contribution is 0.0917. The lowest BCUT2D eigenvalue weighted by atomic mass is 9.87. The highest BCUT2D eigenvalue weighted by Crippen LogP contribution is 2.28. The molecule has 1 aromatic carbocycles. The van der Waals surface area contributed by atoms with Crippen LogP contribution in [0.5, 0.6) is 0 Å². The number of hydrogen-bond acceptors (Lipinski definition) is 6. The Morgan fingerprint density at radius 3 is 2.76 bits per heavy atom. The van der Waals surface area contributed by atoms with Crippen LogP contribution < -0.4 is 15.6 Å². The number of aryl methyl sites for hydroxylation is 1. The molecule has 2 unspecified atom stereocenters.